The normalized spacial score (nSPS) is 16.4. The molecule has 0 fully saturated rings. The van der Waals surface area contributed by atoms with E-state index in [1.165, 1.54) is 12.4 Å². The van der Waals surface area contributed by atoms with Gasteiger partial charge in [0.15, 0.2) is 0 Å². The Labute approximate surface area is 233 Å². The molecule has 0 saturated carbocycles. The van der Waals surface area contributed by atoms with Crippen molar-refractivity contribution in [2.24, 2.45) is 0 Å². The molecular formula is C26H19F7N4O4S. The summed E-state index contributed by atoms with van der Waals surface area (Å²) in [6.07, 6.45) is -9.68. The third-order valence-corrected chi connectivity index (χ3v) is 8.69. The number of aryl methyl sites for hydroxylation is 1. The van der Waals surface area contributed by atoms with Crippen LogP contribution in [0.2, 0.25) is 0 Å². The number of rotatable bonds is 6. The first-order chi connectivity index (χ1) is 19.6. The number of benzene rings is 2. The SMILES string of the molecule is O=S(=O)(c1ccc(F)cc1)N1c2ccc(C(O)(C(F)(F)F)C(F)(F)F)cc2CCC1Cc1nnc(-c2ccncc2)o1. The van der Waals surface area contributed by atoms with Crippen LogP contribution in [-0.4, -0.2) is 47.1 Å². The highest BCUT2D eigenvalue weighted by molar-refractivity contribution is 7.92. The molecule has 5 rings (SSSR count). The molecule has 3 heterocycles. The van der Waals surface area contributed by atoms with Crippen LogP contribution in [0.15, 0.2) is 76.3 Å². The molecule has 2 aromatic heterocycles. The lowest BCUT2D eigenvalue weighted by atomic mass is 9.87. The molecule has 0 saturated heterocycles. The molecule has 0 aliphatic carbocycles. The maximum atomic E-state index is 13.8. The summed E-state index contributed by atoms with van der Waals surface area (Å²) >= 11 is 0. The first-order valence-corrected chi connectivity index (χ1v) is 13.6. The number of halogens is 7. The summed E-state index contributed by atoms with van der Waals surface area (Å²) in [5.41, 5.74) is -6.59. The smallest absolute Gasteiger partial charge is 0.421 e. The molecule has 222 valence electrons. The fourth-order valence-corrected chi connectivity index (χ4v) is 6.45. The number of hydrogen-bond acceptors (Lipinski definition) is 7. The number of pyridine rings is 1. The lowest BCUT2D eigenvalue weighted by molar-refractivity contribution is -0.376. The lowest BCUT2D eigenvalue weighted by Gasteiger charge is -2.39. The second-order valence-electron chi connectivity index (χ2n) is 9.44. The Balaban J connectivity index is 1.59. The lowest BCUT2D eigenvalue weighted by Crippen LogP contribution is -2.54. The Kier molecular flexibility index (Phi) is 7.25. The number of anilines is 1. The Morgan fingerprint density at radius 3 is 2.19 bits per heavy atom. The average Bonchev–Trinajstić information content (AvgIpc) is 3.40. The van der Waals surface area contributed by atoms with Crippen molar-refractivity contribution in [2.45, 2.75) is 48.2 Å². The van der Waals surface area contributed by atoms with Crippen LogP contribution in [0.25, 0.3) is 11.5 Å². The standard InChI is InChI=1S/C26H19F7N4O4S/c27-18-3-6-20(7-4-18)42(39,40)37-19(14-22-35-36-23(41-22)15-9-11-34-12-10-15)5-1-16-13-17(2-8-21(16)37)24(38,25(28,29)30)26(31,32)33/h2-4,6-13,19,38H,1,5,14H2. The van der Waals surface area contributed by atoms with E-state index in [9.17, 15) is 44.3 Å². The zero-order chi connectivity index (χ0) is 30.5. The predicted octanol–water partition coefficient (Wildman–Crippen LogP) is 5.34. The molecule has 1 aliphatic rings. The molecule has 0 amide bonds. The third kappa shape index (κ3) is 5.08. The molecule has 0 spiro atoms. The number of alkyl halides is 6. The minimum absolute atomic E-state index is 0.00899. The summed E-state index contributed by atoms with van der Waals surface area (Å²) in [4.78, 5) is 3.51. The van der Waals surface area contributed by atoms with E-state index < -0.39 is 45.4 Å². The highest BCUT2D eigenvalue weighted by Crippen LogP contribution is 2.51. The molecular weight excluding hydrogens is 597 g/mol. The number of hydrogen-bond donors (Lipinski definition) is 1. The fraction of sp³-hybridized carbons (Fsp3) is 0.269. The predicted molar refractivity (Wildman–Crippen MR) is 132 cm³/mol. The highest BCUT2D eigenvalue weighted by Gasteiger charge is 2.71. The van der Waals surface area contributed by atoms with Gasteiger partial charge in [-0.25, -0.2) is 12.8 Å². The Morgan fingerprint density at radius 2 is 1.57 bits per heavy atom. The molecule has 42 heavy (non-hydrogen) atoms. The van der Waals surface area contributed by atoms with Crippen LogP contribution in [0.5, 0.6) is 0 Å². The highest BCUT2D eigenvalue weighted by atomic mass is 32.2. The van der Waals surface area contributed by atoms with Gasteiger partial charge in [-0.15, -0.1) is 10.2 Å². The minimum atomic E-state index is -6.12. The van der Waals surface area contributed by atoms with Gasteiger partial charge in [0, 0.05) is 29.9 Å². The monoisotopic (exact) mass is 616 g/mol. The molecule has 1 unspecified atom stereocenters. The zero-order valence-corrected chi connectivity index (χ0v) is 21.9. The van der Waals surface area contributed by atoms with Crippen molar-refractivity contribution in [3.8, 4) is 11.5 Å². The Hall–Kier alpha value is -4.05. The topological polar surface area (TPSA) is 109 Å². The largest absolute Gasteiger partial charge is 0.430 e. The summed E-state index contributed by atoms with van der Waals surface area (Å²) in [5, 5.41) is 17.8. The molecule has 0 bridgehead atoms. The van der Waals surface area contributed by atoms with Crippen LogP contribution in [0.1, 0.15) is 23.4 Å². The maximum absolute atomic E-state index is 13.8. The van der Waals surface area contributed by atoms with Gasteiger partial charge in [-0.1, -0.05) is 12.1 Å². The van der Waals surface area contributed by atoms with Crippen LogP contribution in [-0.2, 0) is 28.5 Å². The maximum Gasteiger partial charge on any atom is 0.430 e. The van der Waals surface area contributed by atoms with Gasteiger partial charge in [-0.05, 0) is 60.9 Å². The number of fused-ring (bicyclic) bond motifs is 1. The second-order valence-corrected chi connectivity index (χ2v) is 11.3. The van der Waals surface area contributed by atoms with E-state index in [0.717, 1.165) is 34.6 Å². The van der Waals surface area contributed by atoms with Crippen molar-refractivity contribution in [1.82, 2.24) is 15.2 Å². The minimum Gasteiger partial charge on any atom is -0.421 e. The van der Waals surface area contributed by atoms with E-state index >= 15 is 0 Å². The van der Waals surface area contributed by atoms with E-state index in [1.54, 1.807) is 12.1 Å². The molecule has 0 radical (unpaired) electrons. The molecule has 8 nitrogen and oxygen atoms in total. The van der Waals surface area contributed by atoms with Crippen LogP contribution >= 0.6 is 0 Å². The van der Waals surface area contributed by atoms with Gasteiger partial charge in [0.05, 0.1) is 16.6 Å². The van der Waals surface area contributed by atoms with Crippen LogP contribution in [0, 0.1) is 5.82 Å². The number of sulfonamides is 1. The van der Waals surface area contributed by atoms with Crippen molar-refractivity contribution < 1.29 is 48.7 Å². The van der Waals surface area contributed by atoms with Gasteiger partial charge in [0.1, 0.15) is 5.82 Å². The van der Waals surface area contributed by atoms with Gasteiger partial charge in [0.2, 0.25) is 11.8 Å². The van der Waals surface area contributed by atoms with Crippen molar-refractivity contribution in [1.29, 1.82) is 0 Å². The first-order valence-electron chi connectivity index (χ1n) is 12.1. The summed E-state index contributed by atoms with van der Waals surface area (Å²) < 4.78 is 129. The average molecular weight is 617 g/mol. The van der Waals surface area contributed by atoms with Crippen molar-refractivity contribution >= 4 is 15.7 Å². The molecule has 4 aromatic rings. The summed E-state index contributed by atoms with van der Waals surface area (Å²) in [7, 11) is -4.55. The van der Waals surface area contributed by atoms with Gasteiger partial charge in [-0.3, -0.25) is 9.29 Å². The molecule has 2 aromatic carbocycles. The number of aromatic nitrogens is 3. The molecule has 1 N–H and O–H groups in total. The van der Waals surface area contributed by atoms with E-state index in [1.807, 2.05) is 0 Å². The van der Waals surface area contributed by atoms with E-state index in [2.05, 4.69) is 15.2 Å². The van der Waals surface area contributed by atoms with Gasteiger partial charge >= 0.3 is 12.4 Å². The number of aliphatic hydroxyl groups is 1. The molecule has 1 aliphatic heterocycles. The van der Waals surface area contributed by atoms with Crippen LogP contribution in [0.4, 0.5) is 36.4 Å². The number of nitrogens with zero attached hydrogens (tertiary/aromatic N) is 4. The first kappa shape index (κ1) is 29.4. The second kappa shape index (κ2) is 10.3. The van der Waals surface area contributed by atoms with E-state index in [-0.39, 0.29) is 47.2 Å². The van der Waals surface area contributed by atoms with Gasteiger partial charge in [0.25, 0.3) is 15.6 Å². The van der Waals surface area contributed by atoms with Crippen LogP contribution in [0.3, 0.4) is 0 Å². The third-order valence-electron chi connectivity index (χ3n) is 6.81. The summed E-state index contributed by atoms with van der Waals surface area (Å²) in [5.74, 6) is -0.614. The van der Waals surface area contributed by atoms with Crippen molar-refractivity contribution in [3.63, 3.8) is 0 Å². The van der Waals surface area contributed by atoms with E-state index in [0.29, 0.717) is 17.7 Å². The van der Waals surface area contributed by atoms with Gasteiger partial charge < -0.3 is 9.52 Å². The van der Waals surface area contributed by atoms with Crippen molar-refractivity contribution in [2.75, 3.05) is 4.31 Å². The van der Waals surface area contributed by atoms with Crippen LogP contribution < -0.4 is 4.31 Å². The quantitative estimate of drug-likeness (QED) is 0.292. The van der Waals surface area contributed by atoms with Crippen molar-refractivity contribution in [3.05, 3.63) is 89.8 Å². The Morgan fingerprint density at radius 1 is 0.929 bits per heavy atom. The fourth-order valence-electron chi connectivity index (χ4n) is 4.73. The zero-order valence-electron chi connectivity index (χ0n) is 21.1. The van der Waals surface area contributed by atoms with Gasteiger partial charge in [-0.2, -0.15) is 26.3 Å². The van der Waals surface area contributed by atoms with E-state index in [4.69, 9.17) is 4.42 Å². The summed E-state index contributed by atoms with van der Waals surface area (Å²) in [6.45, 7) is 0. The summed E-state index contributed by atoms with van der Waals surface area (Å²) in [6, 6.07) is 7.60. The molecule has 1 atom stereocenters. The molecule has 16 heteroatoms. The Bertz CT molecular complexity index is 1680.